The molecule has 3 N–H and O–H groups in total. The molecule has 1 rings (SSSR count). The van der Waals surface area contributed by atoms with Gasteiger partial charge in [-0.2, -0.15) is 0 Å². The van der Waals surface area contributed by atoms with E-state index in [4.69, 9.17) is 18.0 Å². The molecule has 15 heavy (non-hydrogen) atoms. The lowest BCUT2D eigenvalue weighted by molar-refractivity contribution is 0.0951. The third kappa shape index (κ3) is 3.67. The minimum Gasteiger partial charge on any atom is -0.393 e. The van der Waals surface area contributed by atoms with Crippen LogP contribution in [0, 0.1) is 5.92 Å². The predicted octanol–water partition coefficient (Wildman–Crippen LogP) is 1.34. The number of thiocarbonyl (C=S) groups is 1. The largest absolute Gasteiger partial charge is 0.393 e. The Morgan fingerprint density at radius 1 is 1.47 bits per heavy atom. The van der Waals surface area contributed by atoms with Crippen LogP contribution in [0.25, 0.3) is 0 Å². The quantitative estimate of drug-likeness (QED) is 0.756. The van der Waals surface area contributed by atoms with E-state index in [-0.39, 0.29) is 11.8 Å². The Morgan fingerprint density at radius 3 is 2.60 bits per heavy atom. The maximum atomic E-state index is 11.6. The molecule has 0 spiro atoms. The lowest BCUT2D eigenvalue weighted by Gasteiger charge is -2.10. The van der Waals surface area contributed by atoms with E-state index in [1.807, 2.05) is 25.1 Å². The SMILES string of the molecule is C[C@H](CNC(=O)c1ccccc1)C(N)=S. The summed E-state index contributed by atoms with van der Waals surface area (Å²) in [7, 11) is 0. The van der Waals surface area contributed by atoms with Crippen LogP contribution in [-0.4, -0.2) is 17.4 Å². The summed E-state index contributed by atoms with van der Waals surface area (Å²) in [6, 6.07) is 9.05. The van der Waals surface area contributed by atoms with Crippen LogP contribution in [-0.2, 0) is 0 Å². The molecule has 80 valence electrons. The van der Waals surface area contributed by atoms with Crippen LogP contribution in [0.3, 0.4) is 0 Å². The van der Waals surface area contributed by atoms with E-state index < -0.39 is 0 Å². The first-order valence-electron chi connectivity index (χ1n) is 4.74. The highest BCUT2D eigenvalue weighted by atomic mass is 32.1. The molecule has 0 aliphatic carbocycles. The fourth-order valence-corrected chi connectivity index (χ4v) is 1.12. The van der Waals surface area contributed by atoms with Crippen molar-refractivity contribution in [3.8, 4) is 0 Å². The van der Waals surface area contributed by atoms with E-state index in [0.29, 0.717) is 17.1 Å². The lowest BCUT2D eigenvalue weighted by atomic mass is 10.1. The second kappa shape index (κ2) is 5.46. The predicted molar refractivity (Wildman–Crippen MR) is 64.7 cm³/mol. The number of hydrogen-bond acceptors (Lipinski definition) is 2. The van der Waals surface area contributed by atoms with Gasteiger partial charge in [0.05, 0.1) is 4.99 Å². The van der Waals surface area contributed by atoms with Gasteiger partial charge in [0.2, 0.25) is 0 Å². The van der Waals surface area contributed by atoms with Crippen LogP contribution in [0.5, 0.6) is 0 Å². The van der Waals surface area contributed by atoms with E-state index in [0.717, 1.165) is 0 Å². The Bertz CT molecular complexity index is 351. The van der Waals surface area contributed by atoms with Crippen molar-refractivity contribution in [3.05, 3.63) is 35.9 Å². The molecule has 0 radical (unpaired) electrons. The number of amides is 1. The summed E-state index contributed by atoms with van der Waals surface area (Å²) in [5.41, 5.74) is 6.09. The Kier molecular flexibility index (Phi) is 4.24. The minimum absolute atomic E-state index is 0.0210. The van der Waals surface area contributed by atoms with Gasteiger partial charge in [-0.1, -0.05) is 37.3 Å². The summed E-state index contributed by atoms with van der Waals surface area (Å²) >= 11 is 4.81. The van der Waals surface area contributed by atoms with Crippen molar-refractivity contribution in [2.24, 2.45) is 11.7 Å². The van der Waals surface area contributed by atoms with Crippen molar-refractivity contribution in [1.29, 1.82) is 0 Å². The summed E-state index contributed by atoms with van der Waals surface area (Å²) < 4.78 is 0. The zero-order valence-corrected chi connectivity index (χ0v) is 9.38. The Balaban J connectivity index is 2.47. The summed E-state index contributed by atoms with van der Waals surface area (Å²) in [4.78, 5) is 12.0. The van der Waals surface area contributed by atoms with E-state index in [9.17, 15) is 4.79 Å². The highest BCUT2D eigenvalue weighted by molar-refractivity contribution is 7.80. The van der Waals surface area contributed by atoms with Gasteiger partial charge >= 0.3 is 0 Å². The molecule has 0 aliphatic heterocycles. The van der Waals surface area contributed by atoms with Crippen LogP contribution in [0.4, 0.5) is 0 Å². The van der Waals surface area contributed by atoms with Crippen molar-refractivity contribution in [2.75, 3.05) is 6.54 Å². The molecule has 0 aliphatic rings. The van der Waals surface area contributed by atoms with Crippen LogP contribution in [0.2, 0.25) is 0 Å². The normalized spacial score (nSPS) is 11.8. The molecule has 1 aromatic carbocycles. The first-order valence-corrected chi connectivity index (χ1v) is 5.14. The van der Waals surface area contributed by atoms with Crippen LogP contribution < -0.4 is 11.1 Å². The minimum atomic E-state index is -0.0984. The zero-order valence-electron chi connectivity index (χ0n) is 8.57. The average Bonchev–Trinajstić information content (AvgIpc) is 2.26. The second-order valence-corrected chi connectivity index (χ2v) is 3.85. The summed E-state index contributed by atoms with van der Waals surface area (Å²) in [5.74, 6) is -0.0774. The molecule has 0 saturated carbocycles. The van der Waals surface area contributed by atoms with Crippen molar-refractivity contribution in [2.45, 2.75) is 6.92 Å². The number of nitrogens with two attached hydrogens (primary N) is 1. The number of carbonyl (C=O) groups excluding carboxylic acids is 1. The fourth-order valence-electron chi connectivity index (χ4n) is 1.04. The van der Waals surface area contributed by atoms with Crippen LogP contribution in [0.1, 0.15) is 17.3 Å². The standard InChI is InChI=1S/C11H14N2OS/c1-8(10(12)15)7-13-11(14)9-5-3-2-4-6-9/h2-6,8H,7H2,1H3,(H2,12,15)(H,13,14)/t8-/m1/s1. The Hall–Kier alpha value is -1.42. The number of nitrogens with one attached hydrogen (secondary N) is 1. The number of carbonyl (C=O) groups is 1. The van der Waals surface area contributed by atoms with Gasteiger partial charge in [-0.15, -0.1) is 0 Å². The van der Waals surface area contributed by atoms with Gasteiger partial charge in [-0.25, -0.2) is 0 Å². The van der Waals surface area contributed by atoms with E-state index in [1.165, 1.54) is 0 Å². The van der Waals surface area contributed by atoms with Gasteiger partial charge in [0.1, 0.15) is 0 Å². The topological polar surface area (TPSA) is 55.1 Å². The molecule has 1 aromatic rings. The molecule has 0 aromatic heterocycles. The molecule has 4 heteroatoms. The first kappa shape index (κ1) is 11.7. The van der Waals surface area contributed by atoms with E-state index in [2.05, 4.69) is 5.32 Å². The average molecular weight is 222 g/mol. The third-order valence-corrected chi connectivity index (χ3v) is 2.49. The summed E-state index contributed by atoms with van der Waals surface area (Å²) in [6.45, 7) is 2.36. The van der Waals surface area contributed by atoms with Gasteiger partial charge in [-0.05, 0) is 12.1 Å². The van der Waals surface area contributed by atoms with Crippen molar-refractivity contribution in [3.63, 3.8) is 0 Å². The molecular formula is C11H14N2OS. The maximum Gasteiger partial charge on any atom is 0.251 e. The summed E-state index contributed by atoms with van der Waals surface area (Å²) in [6.07, 6.45) is 0. The van der Waals surface area contributed by atoms with Crippen molar-refractivity contribution < 1.29 is 4.79 Å². The highest BCUT2D eigenvalue weighted by Crippen LogP contribution is 1.99. The Morgan fingerprint density at radius 2 is 2.07 bits per heavy atom. The second-order valence-electron chi connectivity index (χ2n) is 3.38. The van der Waals surface area contributed by atoms with Gasteiger partial charge < -0.3 is 11.1 Å². The smallest absolute Gasteiger partial charge is 0.251 e. The molecule has 0 fully saturated rings. The number of rotatable bonds is 4. The Labute approximate surface area is 94.7 Å². The molecule has 0 unspecified atom stereocenters. The van der Waals surface area contributed by atoms with Gasteiger partial charge in [0.15, 0.2) is 0 Å². The van der Waals surface area contributed by atoms with Crippen LogP contribution in [0.15, 0.2) is 30.3 Å². The van der Waals surface area contributed by atoms with Gasteiger partial charge in [-0.3, -0.25) is 4.79 Å². The summed E-state index contributed by atoms with van der Waals surface area (Å²) in [5, 5.41) is 2.77. The molecular weight excluding hydrogens is 208 g/mol. The number of benzene rings is 1. The molecule has 0 bridgehead atoms. The third-order valence-electron chi connectivity index (χ3n) is 2.09. The zero-order chi connectivity index (χ0) is 11.3. The van der Waals surface area contributed by atoms with Gasteiger partial charge in [0.25, 0.3) is 5.91 Å². The van der Waals surface area contributed by atoms with Gasteiger partial charge in [0, 0.05) is 18.0 Å². The fraction of sp³-hybridized carbons (Fsp3) is 0.273. The van der Waals surface area contributed by atoms with Crippen molar-refractivity contribution >= 4 is 23.1 Å². The highest BCUT2D eigenvalue weighted by Gasteiger charge is 2.08. The number of hydrogen-bond donors (Lipinski definition) is 2. The lowest BCUT2D eigenvalue weighted by Crippen LogP contribution is -2.33. The molecule has 1 atom stereocenters. The molecule has 3 nitrogen and oxygen atoms in total. The van der Waals surface area contributed by atoms with E-state index in [1.54, 1.807) is 12.1 Å². The maximum absolute atomic E-state index is 11.6. The van der Waals surface area contributed by atoms with E-state index >= 15 is 0 Å². The van der Waals surface area contributed by atoms with Crippen LogP contribution >= 0.6 is 12.2 Å². The molecule has 0 heterocycles. The molecule has 0 saturated heterocycles. The molecule has 1 amide bonds. The first-order chi connectivity index (χ1) is 7.11. The van der Waals surface area contributed by atoms with Crippen molar-refractivity contribution in [1.82, 2.24) is 5.32 Å². The monoisotopic (exact) mass is 222 g/mol.